The van der Waals surface area contributed by atoms with Crippen LogP contribution in [0.1, 0.15) is 5.56 Å². The molecule has 25 heavy (non-hydrogen) atoms. The van der Waals surface area contributed by atoms with E-state index in [1.54, 1.807) is 22.2 Å². The Morgan fingerprint density at radius 2 is 1.76 bits per heavy atom. The van der Waals surface area contributed by atoms with Gasteiger partial charge in [0.25, 0.3) is 0 Å². The number of fused-ring (bicyclic) bond motifs is 3. The van der Waals surface area contributed by atoms with Crippen molar-refractivity contribution in [3.05, 3.63) is 66.6 Å². The van der Waals surface area contributed by atoms with Gasteiger partial charge in [-0.2, -0.15) is 9.61 Å². The van der Waals surface area contributed by atoms with E-state index in [9.17, 15) is 0 Å². The molecule has 6 heteroatoms. The molecule has 0 fully saturated rings. The third kappa shape index (κ3) is 2.30. The molecule has 5 rings (SSSR count). The summed E-state index contributed by atoms with van der Waals surface area (Å²) in [6.07, 6.45) is 3.53. The molecule has 0 aliphatic heterocycles. The highest BCUT2D eigenvalue weighted by atomic mass is 32.1. The number of hydrogen-bond acceptors (Lipinski definition) is 5. The molecular formula is C19H13N5S. The maximum absolute atomic E-state index is 4.74. The number of pyridine rings is 1. The highest BCUT2D eigenvalue weighted by Crippen LogP contribution is 2.36. The van der Waals surface area contributed by atoms with Crippen LogP contribution in [0.15, 0.2) is 61.1 Å². The fraction of sp³-hybridized carbons (Fsp3) is 0.0526. The van der Waals surface area contributed by atoms with Crippen LogP contribution in [0.25, 0.3) is 37.6 Å². The summed E-state index contributed by atoms with van der Waals surface area (Å²) in [5.74, 6) is 0. The van der Waals surface area contributed by atoms with E-state index >= 15 is 0 Å². The molecule has 0 unspecified atom stereocenters. The summed E-state index contributed by atoms with van der Waals surface area (Å²) in [4.78, 5) is 6.75. The minimum absolute atomic E-state index is 0.774. The molecule has 0 aliphatic rings. The lowest BCUT2D eigenvalue weighted by atomic mass is 10.1. The zero-order valence-electron chi connectivity index (χ0n) is 13.4. The van der Waals surface area contributed by atoms with E-state index in [1.165, 1.54) is 0 Å². The zero-order valence-corrected chi connectivity index (χ0v) is 14.2. The van der Waals surface area contributed by atoms with Gasteiger partial charge in [0, 0.05) is 17.0 Å². The van der Waals surface area contributed by atoms with Crippen LogP contribution in [0.2, 0.25) is 0 Å². The molecule has 5 nitrogen and oxygen atoms in total. The topological polar surface area (TPSA) is 56.0 Å². The molecule has 4 aromatic heterocycles. The summed E-state index contributed by atoms with van der Waals surface area (Å²) in [7, 11) is 0. The Bertz CT molecular complexity index is 1200. The maximum Gasteiger partial charge on any atom is 0.185 e. The van der Waals surface area contributed by atoms with Gasteiger partial charge in [0.1, 0.15) is 12.0 Å². The van der Waals surface area contributed by atoms with Crippen molar-refractivity contribution in [1.82, 2.24) is 24.8 Å². The predicted molar refractivity (Wildman–Crippen MR) is 99.6 cm³/mol. The van der Waals surface area contributed by atoms with Crippen molar-refractivity contribution in [2.45, 2.75) is 6.92 Å². The molecule has 0 spiro atoms. The van der Waals surface area contributed by atoms with Crippen molar-refractivity contribution >= 4 is 27.8 Å². The molecule has 120 valence electrons. The van der Waals surface area contributed by atoms with E-state index in [2.05, 4.69) is 51.6 Å². The number of aryl methyl sites for hydroxylation is 1. The van der Waals surface area contributed by atoms with Gasteiger partial charge in [0.05, 0.1) is 15.4 Å². The van der Waals surface area contributed by atoms with E-state index in [4.69, 9.17) is 5.10 Å². The van der Waals surface area contributed by atoms with Crippen LogP contribution < -0.4 is 0 Å². The number of benzene rings is 1. The first-order valence-electron chi connectivity index (χ1n) is 7.91. The van der Waals surface area contributed by atoms with Gasteiger partial charge >= 0.3 is 0 Å². The Morgan fingerprint density at radius 1 is 0.920 bits per heavy atom. The third-order valence-electron chi connectivity index (χ3n) is 4.16. The molecule has 0 bridgehead atoms. The highest BCUT2D eigenvalue weighted by Gasteiger charge is 2.14. The molecule has 0 radical (unpaired) electrons. The first-order chi connectivity index (χ1) is 12.3. The Hall–Kier alpha value is -3.12. The second-order valence-corrected chi connectivity index (χ2v) is 6.96. The maximum atomic E-state index is 4.74. The number of nitrogens with zero attached hydrogens (tertiary/aromatic N) is 5. The van der Waals surface area contributed by atoms with Crippen LogP contribution >= 0.6 is 11.3 Å². The average Bonchev–Trinajstić information content (AvgIpc) is 3.31. The second-order valence-electron chi connectivity index (χ2n) is 5.88. The molecular weight excluding hydrogens is 330 g/mol. The minimum atomic E-state index is 0.774. The highest BCUT2D eigenvalue weighted by molar-refractivity contribution is 7.18. The largest absolute Gasteiger partial charge is 0.255 e. The molecule has 4 heterocycles. The number of rotatable bonds is 2. The van der Waals surface area contributed by atoms with Crippen LogP contribution in [0.3, 0.4) is 0 Å². The lowest BCUT2D eigenvalue weighted by molar-refractivity contribution is 0.943. The summed E-state index contributed by atoms with van der Waals surface area (Å²) in [6.45, 7) is 2.04. The van der Waals surface area contributed by atoms with Gasteiger partial charge in [-0.1, -0.05) is 30.3 Å². The van der Waals surface area contributed by atoms with Gasteiger partial charge in [0.2, 0.25) is 0 Å². The van der Waals surface area contributed by atoms with E-state index in [1.807, 2.05) is 25.3 Å². The molecule has 0 aliphatic carbocycles. The van der Waals surface area contributed by atoms with Gasteiger partial charge in [0.15, 0.2) is 5.65 Å². The molecule has 0 saturated carbocycles. The first kappa shape index (κ1) is 14.2. The van der Waals surface area contributed by atoms with Gasteiger partial charge in [-0.05, 0) is 30.7 Å². The molecule has 0 amide bonds. The van der Waals surface area contributed by atoms with Crippen LogP contribution in [0.5, 0.6) is 0 Å². The molecule has 0 saturated heterocycles. The monoisotopic (exact) mass is 343 g/mol. The summed E-state index contributed by atoms with van der Waals surface area (Å²) in [5.41, 5.74) is 3.85. The average molecular weight is 343 g/mol. The van der Waals surface area contributed by atoms with Crippen LogP contribution in [0.4, 0.5) is 0 Å². The first-order valence-corrected chi connectivity index (χ1v) is 8.73. The van der Waals surface area contributed by atoms with Crippen molar-refractivity contribution in [2.24, 2.45) is 0 Å². The van der Waals surface area contributed by atoms with Crippen molar-refractivity contribution in [2.75, 3.05) is 0 Å². The van der Waals surface area contributed by atoms with E-state index in [-0.39, 0.29) is 0 Å². The van der Waals surface area contributed by atoms with Gasteiger partial charge in [-0.3, -0.25) is 4.98 Å². The number of thiophene rings is 1. The third-order valence-corrected chi connectivity index (χ3v) is 5.28. The summed E-state index contributed by atoms with van der Waals surface area (Å²) >= 11 is 1.69. The zero-order chi connectivity index (χ0) is 16.8. The quantitative estimate of drug-likeness (QED) is 0.477. The smallest absolute Gasteiger partial charge is 0.185 e. The van der Waals surface area contributed by atoms with Gasteiger partial charge in [-0.15, -0.1) is 21.5 Å². The summed E-state index contributed by atoms with van der Waals surface area (Å²) in [5, 5.41) is 15.0. The molecule has 0 N–H and O–H groups in total. The van der Waals surface area contributed by atoms with Crippen molar-refractivity contribution in [1.29, 1.82) is 0 Å². The number of hydrogen-bond donors (Lipinski definition) is 0. The van der Waals surface area contributed by atoms with E-state index < -0.39 is 0 Å². The summed E-state index contributed by atoms with van der Waals surface area (Å²) in [6, 6.07) is 16.5. The summed E-state index contributed by atoms with van der Waals surface area (Å²) < 4.78 is 1.74. The number of aromatic nitrogens is 5. The van der Waals surface area contributed by atoms with Gasteiger partial charge < -0.3 is 0 Å². The lowest BCUT2D eigenvalue weighted by Gasteiger charge is -2.05. The second kappa shape index (κ2) is 5.46. The minimum Gasteiger partial charge on any atom is -0.255 e. The Labute approximate surface area is 147 Å². The van der Waals surface area contributed by atoms with Crippen molar-refractivity contribution in [3.63, 3.8) is 0 Å². The fourth-order valence-corrected chi connectivity index (χ4v) is 3.91. The van der Waals surface area contributed by atoms with E-state index in [0.717, 1.165) is 43.1 Å². The van der Waals surface area contributed by atoms with E-state index in [0.29, 0.717) is 0 Å². The van der Waals surface area contributed by atoms with Crippen LogP contribution in [-0.4, -0.2) is 24.8 Å². The molecule has 5 aromatic rings. The van der Waals surface area contributed by atoms with Crippen molar-refractivity contribution in [3.8, 4) is 21.1 Å². The SMILES string of the molecule is Cc1ccc(-c2ccc(-c3nn4cnnc4c4ccccc34)s2)nc1. The Kier molecular flexibility index (Phi) is 3.11. The predicted octanol–water partition coefficient (Wildman–Crippen LogP) is 4.38. The standard InChI is InChI=1S/C19H13N5S/c1-12-6-7-15(20-10-12)16-8-9-17(25-16)18-13-4-2-3-5-14(13)19-22-21-11-24(19)23-18/h2-11H,1H3. The molecule has 1 aromatic carbocycles. The van der Waals surface area contributed by atoms with Crippen molar-refractivity contribution < 1.29 is 0 Å². The molecule has 0 atom stereocenters. The Balaban J connectivity index is 1.71. The Morgan fingerprint density at radius 3 is 2.60 bits per heavy atom. The fourth-order valence-electron chi connectivity index (χ4n) is 2.92. The normalized spacial score (nSPS) is 11.4. The van der Waals surface area contributed by atoms with Gasteiger partial charge in [-0.25, -0.2) is 0 Å². The lowest BCUT2D eigenvalue weighted by Crippen LogP contribution is -1.95. The van der Waals surface area contributed by atoms with Crippen LogP contribution in [0, 0.1) is 6.92 Å². The van der Waals surface area contributed by atoms with Crippen LogP contribution in [-0.2, 0) is 0 Å².